The molecule has 32 heavy (non-hydrogen) atoms. The maximum absolute atomic E-state index is 12.6. The Balaban J connectivity index is 1.12. The SMILES string of the molecule is CC1(C)Cc2cccc(CN3CCC(CNC(=O)c4cc5cc(Cl)ccc5[nH]4)CC3)c2O1. The van der Waals surface area contributed by atoms with Gasteiger partial charge in [-0.05, 0) is 75.5 Å². The fourth-order valence-electron chi connectivity index (χ4n) is 4.95. The van der Waals surface area contributed by atoms with E-state index in [-0.39, 0.29) is 11.5 Å². The van der Waals surface area contributed by atoms with Gasteiger partial charge >= 0.3 is 0 Å². The number of aromatic amines is 1. The van der Waals surface area contributed by atoms with Crippen LogP contribution >= 0.6 is 11.6 Å². The number of hydrogen-bond acceptors (Lipinski definition) is 3. The second-order valence-electron chi connectivity index (χ2n) is 9.79. The number of hydrogen-bond donors (Lipinski definition) is 2. The van der Waals surface area contributed by atoms with Gasteiger partial charge in [-0.25, -0.2) is 0 Å². The fraction of sp³-hybridized carbons (Fsp3) is 0.423. The standard InChI is InChI=1S/C26H30ClN3O2/c1-26(2)14-18-4-3-5-19(24(18)32-26)16-30-10-8-17(9-11-30)15-28-25(31)23-13-20-12-21(27)6-7-22(20)29-23/h3-7,12-13,17,29H,8-11,14-16H2,1-2H3,(H,28,31). The number of likely N-dealkylation sites (tertiary alicyclic amines) is 1. The molecule has 0 saturated carbocycles. The normalized spacial score (nSPS) is 18.5. The average molecular weight is 452 g/mol. The van der Waals surface area contributed by atoms with Crippen LogP contribution in [0.1, 0.15) is 48.3 Å². The second kappa shape index (κ2) is 8.45. The van der Waals surface area contributed by atoms with Gasteiger partial charge in [-0.2, -0.15) is 0 Å². The van der Waals surface area contributed by atoms with E-state index < -0.39 is 0 Å². The quantitative estimate of drug-likeness (QED) is 0.562. The summed E-state index contributed by atoms with van der Waals surface area (Å²) >= 11 is 6.05. The highest BCUT2D eigenvalue weighted by Gasteiger charge is 2.32. The van der Waals surface area contributed by atoms with Gasteiger partial charge in [-0.15, -0.1) is 0 Å². The number of fused-ring (bicyclic) bond motifs is 2. The van der Waals surface area contributed by atoms with Crippen molar-refractivity contribution in [1.82, 2.24) is 15.2 Å². The molecule has 1 fully saturated rings. The van der Waals surface area contributed by atoms with Crippen LogP contribution in [-0.4, -0.2) is 41.0 Å². The minimum atomic E-state index is -0.110. The Kier molecular flexibility index (Phi) is 5.64. The highest BCUT2D eigenvalue weighted by Crippen LogP contribution is 2.38. The summed E-state index contributed by atoms with van der Waals surface area (Å²) in [6, 6.07) is 14.0. The van der Waals surface area contributed by atoms with E-state index in [0.717, 1.165) is 55.5 Å². The number of nitrogens with one attached hydrogen (secondary N) is 2. The lowest BCUT2D eigenvalue weighted by Crippen LogP contribution is -2.38. The van der Waals surface area contributed by atoms with E-state index in [4.69, 9.17) is 16.3 Å². The molecule has 0 unspecified atom stereocenters. The lowest BCUT2D eigenvalue weighted by molar-refractivity contribution is 0.0930. The zero-order valence-corrected chi connectivity index (χ0v) is 19.5. The maximum Gasteiger partial charge on any atom is 0.267 e. The van der Waals surface area contributed by atoms with Crippen LogP contribution in [-0.2, 0) is 13.0 Å². The van der Waals surface area contributed by atoms with Crippen LogP contribution in [0.4, 0.5) is 0 Å². The van der Waals surface area contributed by atoms with Crippen LogP contribution in [0.2, 0.25) is 5.02 Å². The minimum absolute atomic E-state index is 0.0561. The van der Waals surface area contributed by atoms with Crippen molar-refractivity contribution in [3.63, 3.8) is 0 Å². The van der Waals surface area contributed by atoms with Crippen molar-refractivity contribution in [2.45, 2.75) is 45.3 Å². The van der Waals surface area contributed by atoms with Crippen LogP contribution in [0.15, 0.2) is 42.5 Å². The van der Waals surface area contributed by atoms with Gasteiger partial charge in [0.25, 0.3) is 5.91 Å². The third kappa shape index (κ3) is 4.50. The molecule has 168 valence electrons. The van der Waals surface area contributed by atoms with Crippen molar-refractivity contribution >= 4 is 28.4 Å². The Morgan fingerprint density at radius 2 is 2.03 bits per heavy atom. The number of carbonyl (C=O) groups is 1. The molecule has 0 spiro atoms. The Morgan fingerprint density at radius 3 is 2.84 bits per heavy atom. The predicted octanol–water partition coefficient (Wildman–Crippen LogP) is 5.18. The van der Waals surface area contributed by atoms with Crippen molar-refractivity contribution in [2.75, 3.05) is 19.6 Å². The predicted molar refractivity (Wildman–Crippen MR) is 128 cm³/mol. The van der Waals surface area contributed by atoms with E-state index in [9.17, 15) is 4.79 Å². The fourth-order valence-corrected chi connectivity index (χ4v) is 5.13. The second-order valence-corrected chi connectivity index (χ2v) is 10.2. The van der Waals surface area contributed by atoms with E-state index in [2.05, 4.69) is 47.2 Å². The van der Waals surface area contributed by atoms with E-state index in [0.29, 0.717) is 23.2 Å². The summed E-state index contributed by atoms with van der Waals surface area (Å²) in [6.07, 6.45) is 3.15. The largest absolute Gasteiger partial charge is 0.487 e. The summed E-state index contributed by atoms with van der Waals surface area (Å²) in [4.78, 5) is 18.3. The molecule has 3 heterocycles. The van der Waals surface area contributed by atoms with Crippen LogP contribution in [0.5, 0.6) is 5.75 Å². The van der Waals surface area contributed by atoms with Crippen molar-refractivity contribution in [1.29, 1.82) is 0 Å². The van der Waals surface area contributed by atoms with E-state index in [1.807, 2.05) is 24.3 Å². The smallest absolute Gasteiger partial charge is 0.267 e. The number of aromatic nitrogens is 1. The first-order valence-electron chi connectivity index (χ1n) is 11.4. The molecule has 3 aromatic rings. The third-order valence-electron chi connectivity index (χ3n) is 6.65. The summed E-state index contributed by atoms with van der Waals surface area (Å²) in [7, 11) is 0. The van der Waals surface area contributed by atoms with Crippen LogP contribution in [0.3, 0.4) is 0 Å². The van der Waals surface area contributed by atoms with Gasteiger partial charge in [0.05, 0.1) is 0 Å². The van der Waals surface area contributed by atoms with Crippen LogP contribution in [0, 0.1) is 5.92 Å². The van der Waals surface area contributed by atoms with Crippen molar-refractivity contribution in [3.8, 4) is 5.75 Å². The van der Waals surface area contributed by atoms with Gasteiger partial charge in [-0.3, -0.25) is 9.69 Å². The van der Waals surface area contributed by atoms with E-state index in [1.165, 1.54) is 11.1 Å². The van der Waals surface area contributed by atoms with Crippen molar-refractivity contribution in [3.05, 3.63) is 64.3 Å². The average Bonchev–Trinajstić information content (AvgIpc) is 3.32. The topological polar surface area (TPSA) is 57.4 Å². The summed E-state index contributed by atoms with van der Waals surface area (Å²) < 4.78 is 6.24. The Labute approximate surface area is 194 Å². The Morgan fingerprint density at radius 1 is 1.22 bits per heavy atom. The zero-order chi connectivity index (χ0) is 22.3. The van der Waals surface area contributed by atoms with Gasteiger partial charge in [0, 0.05) is 41.0 Å². The van der Waals surface area contributed by atoms with Gasteiger partial charge in [0.1, 0.15) is 17.0 Å². The monoisotopic (exact) mass is 451 g/mol. The molecule has 1 aromatic heterocycles. The number of H-pyrrole nitrogens is 1. The first-order chi connectivity index (χ1) is 15.4. The molecule has 5 nitrogen and oxygen atoms in total. The first kappa shape index (κ1) is 21.4. The van der Waals surface area contributed by atoms with Crippen LogP contribution in [0.25, 0.3) is 10.9 Å². The summed E-state index contributed by atoms with van der Waals surface area (Å²) in [5, 5.41) is 4.74. The molecule has 6 heteroatoms. The molecule has 2 N–H and O–H groups in total. The molecule has 2 aromatic carbocycles. The highest BCUT2D eigenvalue weighted by molar-refractivity contribution is 6.31. The minimum Gasteiger partial charge on any atom is -0.487 e. The third-order valence-corrected chi connectivity index (χ3v) is 6.89. The number of piperidine rings is 1. The number of benzene rings is 2. The summed E-state index contributed by atoms with van der Waals surface area (Å²) in [6.45, 7) is 8.02. The highest BCUT2D eigenvalue weighted by atomic mass is 35.5. The molecule has 0 aliphatic carbocycles. The number of halogens is 1. The maximum atomic E-state index is 12.6. The summed E-state index contributed by atoms with van der Waals surface area (Å²) in [5.41, 5.74) is 4.01. The molecule has 1 saturated heterocycles. The number of ether oxygens (including phenoxy) is 1. The summed E-state index contributed by atoms with van der Waals surface area (Å²) in [5.74, 6) is 1.54. The van der Waals surface area contributed by atoms with Gasteiger partial charge in [-0.1, -0.05) is 29.8 Å². The lowest BCUT2D eigenvalue weighted by Gasteiger charge is -2.32. The van der Waals surface area contributed by atoms with E-state index >= 15 is 0 Å². The van der Waals surface area contributed by atoms with Gasteiger partial charge < -0.3 is 15.0 Å². The molecule has 0 atom stereocenters. The Hall–Kier alpha value is -2.50. The lowest BCUT2D eigenvalue weighted by atomic mass is 9.96. The van der Waals surface area contributed by atoms with Crippen molar-refractivity contribution < 1.29 is 9.53 Å². The number of carbonyl (C=O) groups excluding carboxylic acids is 1. The van der Waals surface area contributed by atoms with Gasteiger partial charge in [0.15, 0.2) is 0 Å². The van der Waals surface area contributed by atoms with Crippen LogP contribution < -0.4 is 10.1 Å². The first-order valence-corrected chi connectivity index (χ1v) is 11.8. The molecule has 0 bridgehead atoms. The molecule has 2 aliphatic heterocycles. The van der Waals surface area contributed by atoms with Crippen molar-refractivity contribution in [2.24, 2.45) is 5.92 Å². The number of para-hydroxylation sites is 1. The molecule has 0 radical (unpaired) electrons. The molecule has 1 amide bonds. The zero-order valence-electron chi connectivity index (χ0n) is 18.7. The number of amides is 1. The Bertz CT molecular complexity index is 1150. The molecular formula is C26H30ClN3O2. The molecule has 2 aliphatic rings. The molecule has 5 rings (SSSR count). The number of rotatable bonds is 5. The van der Waals surface area contributed by atoms with Gasteiger partial charge in [0.2, 0.25) is 0 Å². The number of nitrogens with zero attached hydrogens (tertiary/aromatic N) is 1. The molecular weight excluding hydrogens is 422 g/mol. The van der Waals surface area contributed by atoms with E-state index in [1.54, 1.807) is 0 Å².